The summed E-state index contributed by atoms with van der Waals surface area (Å²) < 4.78 is 135. The van der Waals surface area contributed by atoms with Crippen LogP contribution >= 0.6 is 27.5 Å². The van der Waals surface area contributed by atoms with Crippen LogP contribution in [0.25, 0.3) is 5.83 Å². The summed E-state index contributed by atoms with van der Waals surface area (Å²) in [6.45, 7) is -0.754. The lowest BCUT2D eigenvalue weighted by molar-refractivity contribution is -0.159. The van der Waals surface area contributed by atoms with Crippen molar-refractivity contribution in [2.24, 2.45) is 0 Å². The second-order valence-electron chi connectivity index (χ2n) is 8.47. The molecule has 0 bridgehead atoms. The molecule has 4 nitrogen and oxygen atoms in total. The molecule has 16 heteroatoms. The molecule has 0 saturated carbocycles. The standard InChI is InChI=1S/C24H18BrClF10N2O2/c1-11(21(40)38(2)10-22(28,29)30)37-20(39)14-5-3-13(7-16(14)24(34,35)36)19(27)9-15(23(31,32)33)12-4-6-18(26)17(25)8-12/h3-9,11,15H,10H2,1-2H3,(H,37,39)/b19-9-. The van der Waals surface area contributed by atoms with Crippen molar-refractivity contribution in [2.45, 2.75) is 37.4 Å². The molecule has 220 valence electrons. The number of hydrogen-bond acceptors (Lipinski definition) is 2. The molecular weight excluding hydrogens is 654 g/mol. The van der Waals surface area contributed by atoms with Crippen LogP contribution in [0.3, 0.4) is 0 Å². The van der Waals surface area contributed by atoms with Gasteiger partial charge in [0, 0.05) is 17.1 Å². The largest absolute Gasteiger partial charge is 0.417 e. The number of rotatable bonds is 7. The molecule has 0 spiro atoms. The van der Waals surface area contributed by atoms with Gasteiger partial charge < -0.3 is 10.2 Å². The van der Waals surface area contributed by atoms with Gasteiger partial charge in [0.05, 0.1) is 16.1 Å². The minimum absolute atomic E-state index is 0.0563. The molecule has 2 rings (SSSR count). The van der Waals surface area contributed by atoms with E-state index in [0.29, 0.717) is 12.1 Å². The van der Waals surface area contributed by atoms with Crippen molar-refractivity contribution in [3.8, 4) is 0 Å². The van der Waals surface area contributed by atoms with E-state index in [2.05, 4.69) is 15.9 Å². The minimum atomic E-state index is -5.31. The van der Waals surface area contributed by atoms with Crippen LogP contribution in [0, 0.1) is 0 Å². The summed E-state index contributed by atoms with van der Waals surface area (Å²) in [6, 6.07) is 2.53. The Morgan fingerprint density at radius 2 is 1.62 bits per heavy atom. The van der Waals surface area contributed by atoms with Crippen molar-refractivity contribution in [2.75, 3.05) is 13.6 Å². The van der Waals surface area contributed by atoms with E-state index in [9.17, 15) is 53.5 Å². The molecule has 0 aliphatic rings. The average molecular weight is 672 g/mol. The fraction of sp³-hybridized carbons (Fsp3) is 0.333. The minimum Gasteiger partial charge on any atom is -0.341 e. The Labute approximate surface area is 234 Å². The SMILES string of the molecule is CC(NC(=O)c1ccc(/C(F)=C/C(c2ccc(Cl)c(Br)c2)C(F)(F)F)cc1C(F)(F)F)C(=O)N(C)CC(F)(F)F. The first-order valence-electron chi connectivity index (χ1n) is 10.8. The topological polar surface area (TPSA) is 49.4 Å². The number of nitrogens with one attached hydrogen (secondary N) is 1. The molecular formula is C24H18BrClF10N2O2. The van der Waals surface area contributed by atoms with Gasteiger partial charge in [0.15, 0.2) is 0 Å². The molecule has 2 unspecified atom stereocenters. The number of amides is 2. The summed E-state index contributed by atoms with van der Waals surface area (Å²) >= 11 is 8.71. The zero-order valence-electron chi connectivity index (χ0n) is 20.2. The van der Waals surface area contributed by atoms with E-state index in [1.807, 2.05) is 5.32 Å². The maximum absolute atomic E-state index is 14.9. The number of hydrogen-bond donors (Lipinski definition) is 1. The van der Waals surface area contributed by atoms with E-state index < -0.39 is 76.9 Å². The van der Waals surface area contributed by atoms with Gasteiger partial charge >= 0.3 is 18.5 Å². The fourth-order valence-corrected chi connectivity index (χ4v) is 3.98. The number of carbonyl (C=O) groups excluding carboxylic acids is 2. The van der Waals surface area contributed by atoms with Gasteiger partial charge in [-0.2, -0.15) is 39.5 Å². The molecule has 2 aromatic rings. The summed E-state index contributed by atoms with van der Waals surface area (Å²) in [7, 11) is 0.764. The summed E-state index contributed by atoms with van der Waals surface area (Å²) in [5.41, 5.74) is -4.32. The molecule has 0 saturated heterocycles. The molecule has 0 heterocycles. The third-order valence-corrected chi connectivity index (χ3v) is 6.54. The highest BCUT2D eigenvalue weighted by Crippen LogP contribution is 2.41. The van der Waals surface area contributed by atoms with Crippen LogP contribution in [-0.4, -0.2) is 48.7 Å². The third-order valence-electron chi connectivity index (χ3n) is 5.32. The molecule has 0 aromatic heterocycles. The lowest BCUT2D eigenvalue weighted by atomic mass is 9.95. The second-order valence-corrected chi connectivity index (χ2v) is 9.73. The molecule has 0 radical (unpaired) electrons. The first-order chi connectivity index (χ1) is 18.1. The highest BCUT2D eigenvalue weighted by Gasteiger charge is 2.41. The Hall–Kier alpha value is -2.81. The number of allylic oxidation sites excluding steroid dienone is 1. The third kappa shape index (κ3) is 8.85. The fourth-order valence-electron chi connectivity index (χ4n) is 3.47. The normalized spacial score (nSPS) is 14.5. The van der Waals surface area contributed by atoms with Crippen LogP contribution in [0.5, 0.6) is 0 Å². The molecule has 2 amide bonds. The van der Waals surface area contributed by atoms with E-state index in [0.717, 1.165) is 32.2 Å². The Morgan fingerprint density at radius 1 is 1.02 bits per heavy atom. The Bertz CT molecular complexity index is 1290. The molecule has 0 aliphatic heterocycles. The van der Waals surface area contributed by atoms with Crippen LogP contribution < -0.4 is 5.32 Å². The van der Waals surface area contributed by atoms with Gasteiger partial charge in [-0.15, -0.1) is 0 Å². The van der Waals surface area contributed by atoms with E-state index in [1.165, 1.54) is 0 Å². The molecule has 2 aromatic carbocycles. The number of halogens is 12. The van der Waals surface area contributed by atoms with Crippen LogP contribution in [-0.2, 0) is 11.0 Å². The van der Waals surface area contributed by atoms with E-state index in [4.69, 9.17) is 11.6 Å². The molecule has 0 aliphatic carbocycles. The van der Waals surface area contributed by atoms with Gasteiger partial charge in [-0.3, -0.25) is 9.59 Å². The molecule has 40 heavy (non-hydrogen) atoms. The molecule has 1 N–H and O–H groups in total. The first kappa shape index (κ1) is 33.4. The number of carbonyl (C=O) groups is 2. The van der Waals surface area contributed by atoms with Crippen molar-refractivity contribution < 1.29 is 53.5 Å². The van der Waals surface area contributed by atoms with Crippen molar-refractivity contribution in [1.29, 1.82) is 0 Å². The van der Waals surface area contributed by atoms with Crippen LogP contribution in [0.1, 0.15) is 39.9 Å². The highest BCUT2D eigenvalue weighted by molar-refractivity contribution is 9.10. The molecule has 2 atom stereocenters. The van der Waals surface area contributed by atoms with Gasteiger partial charge in [-0.25, -0.2) is 4.39 Å². The number of alkyl halides is 9. The number of benzene rings is 2. The second kappa shape index (κ2) is 12.4. The lowest BCUT2D eigenvalue weighted by Gasteiger charge is -2.23. The van der Waals surface area contributed by atoms with Crippen LogP contribution in [0.15, 0.2) is 46.9 Å². The quantitative estimate of drug-likeness (QED) is 0.304. The van der Waals surface area contributed by atoms with E-state index >= 15 is 0 Å². The first-order valence-corrected chi connectivity index (χ1v) is 12.0. The lowest BCUT2D eigenvalue weighted by Crippen LogP contribution is -2.48. The maximum atomic E-state index is 14.9. The number of nitrogens with zero attached hydrogens (tertiary/aromatic N) is 1. The predicted molar refractivity (Wildman–Crippen MR) is 129 cm³/mol. The Kier molecular flexibility index (Phi) is 10.3. The maximum Gasteiger partial charge on any atom is 0.417 e. The van der Waals surface area contributed by atoms with E-state index in [1.54, 1.807) is 0 Å². The van der Waals surface area contributed by atoms with Crippen LogP contribution in [0.2, 0.25) is 5.02 Å². The smallest absolute Gasteiger partial charge is 0.341 e. The van der Waals surface area contributed by atoms with Crippen molar-refractivity contribution in [3.63, 3.8) is 0 Å². The zero-order valence-corrected chi connectivity index (χ0v) is 22.5. The number of likely N-dealkylation sites (N-methyl/N-ethyl adjacent to an activating group) is 1. The van der Waals surface area contributed by atoms with Crippen molar-refractivity contribution >= 4 is 45.2 Å². The summed E-state index contributed by atoms with van der Waals surface area (Å²) in [5.74, 6) is -7.08. The van der Waals surface area contributed by atoms with Gasteiger partial charge in [-0.1, -0.05) is 23.7 Å². The Balaban J connectivity index is 2.44. The van der Waals surface area contributed by atoms with Gasteiger partial charge in [0.2, 0.25) is 5.91 Å². The predicted octanol–water partition coefficient (Wildman–Crippen LogP) is 7.92. The summed E-state index contributed by atoms with van der Waals surface area (Å²) in [4.78, 5) is 24.8. The zero-order chi connectivity index (χ0) is 30.8. The van der Waals surface area contributed by atoms with Gasteiger partial charge in [0.25, 0.3) is 5.91 Å². The molecule has 0 fully saturated rings. The van der Waals surface area contributed by atoms with Gasteiger partial charge in [-0.05, 0) is 58.8 Å². The Morgan fingerprint density at radius 3 is 2.12 bits per heavy atom. The van der Waals surface area contributed by atoms with E-state index in [-0.39, 0.29) is 26.5 Å². The summed E-state index contributed by atoms with van der Waals surface area (Å²) in [6.07, 6.45) is -15.1. The van der Waals surface area contributed by atoms with Crippen LogP contribution in [0.4, 0.5) is 43.9 Å². The highest BCUT2D eigenvalue weighted by atomic mass is 79.9. The summed E-state index contributed by atoms with van der Waals surface area (Å²) in [5, 5.41) is 1.89. The average Bonchev–Trinajstić information content (AvgIpc) is 2.80. The van der Waals surface area contributed by atoms with Crippen molar-refractivity contribution in [1.82, 2.24) is 10.2 Å². The van der Waals surface area contributed by atoms with Gasteiger partial charge in [0.1, 0.15) is 24.3 Å². The van der Waals surface area contributed by atoms with Crippen molar-refractivity contribution in [3.05, 3.63) is 74.2 Å². The monoisotopic (exact) mass is 670 g/mol.